The third-order valence-electron chi connectivity index (χ3n) is 17.3. The summed E-state index contributed by atoms with van der Waals surface area (Å²) in [7, 11) is 4.74. The Kier molecular flexibility index (Phi) is 25.5. The van der Waals surface area contributed by atoms with Crippen LogP contribution >= 0.6 is 0 Å². The maximum Gasteiger partial charge on any atom is 0.329 e. The molecule has 0 aromatic carbocycles. The van der Waals surface area contributed by atoms with E-state index in [1.807, 2.05) is 53.7 Å². The first-order chi connectivity index (χ1) is 35.8. The SMILES string of the molecule is CO[C@H]1C[C@@H]2CC[C@@H](C)[C@@](O[C@H]3CCC[C@@H](C)O3)(O2)C(=O)C(=O)N2CCCC[C@H]2C(=O)OC([C@H](C)C[C@@H]2CC[C@@H](OCCO)[C@H](OC)C2)CC(=O)[C@H](C)CC(C)[C@@H](O)[C@@H](OC)C(=O)[C@H](C)C[C@H](C)/C=C/C=C/CC1C. The molecule has 2 bridgehead atoms. The zero-order valence-corrected chi connectivity index (χ0v) is 47.5. The number of fused-ring (bicyclic) bond motifs is 3. The second-order valence-corrected chi connectivity index (χ2v) is 23.4. The van der Waals surface area contributed by atoms with Crippen LogP contribution in [0.2, 0.25) is 0 Å². The molecule has 428 valence electrons. The number of allylic oxidation sites excluding steroid dienone is 4. The topological polar surface area (TPSA) is 203 Å². The maximum atomic E-state index is 15.3. The number of esters is 1. The fraction of sp³-hybridized carbons (Fsp3) is 0.847. The van der Waals surface area contributed by atoms with Crippen molar-refractivity contribution >= 4 is 29.2 Å². The number of aliphatic hydroxyl groups excluding tert-OH is 2. The van der Waals surface area contributed by atoms with E-state index in [2.05, 4.69) is 19.1 Å². The van der Waals surface area contributed by atoms with E-state index in [9.17, 15) is 24.6 Å². The number of rotatable bonds is 11. The first kappa shape index (κ1) is 62.9. The van der Waals surface area contributed by atoms with Crippen molar-refractivity contribution in [2.45, 2.75) is 231 Å². The van der Waals surface area contributed by atoms with Gasteiger partial charge in [-0.2, -0.15) is 0 Å². The number of carbonyl (C=O) groups excluding carboxylic acids is 5. The quantitative estimate of drug-likeness (QED) is 0.148. The van der Waals surface area contributed by atoms with Crippen LogP contribution in [0, 0.1) is 47.3 Å². The molecule has 16 heteroatoms. The molecule has 1 aliphatic carbocycles. The highest BCUT2D eigenvalue weighted by Gasteiger charge is 2.57. The lowest BCUT2D eigenvalue weighted by atomic mass is 9.78. The van der Waals surface area contributed by atoms with Crippen LogP contribution in [-0.4, -0.2) is 152 Å². The van der Waals surface area contributed by atoms with E-state index in [0.29, 0.717) is 70.6 Å². The van der Waals surface area contributed by atoms with Gasteiger partial charge >= 0.3 is 5.97 Å². The largest absolute Gasteiger partial charge is 0.460 e. The number of aliphatic hydroxyl groups is 2. The summed E-state index contributed by atoms with van der Waals surface area (Å²) in [5, 5.41) is 21.1. The van der Waals surface area contributed by atoms with Crippen LogP contribution in [-0.2, 0) is 61.9 Å². The minimum Gasteiger partial charge on any atom is -0.460 e. The molecule has 2 N–H and O–H groups in total. The molecule has 19 atom stereocenters. The zero-order chi connectivity index (χ0) is 55.0. The molecule has 0 radical (unpaired) electrons. The number of nitrogens with zero attached hydrogens (tertiary/aromatic N) is 1. The van der Waals surface area contributed by atoms with Gasteiger partial charge in [0.1, 0.15) is 24.0 Å². The molecule has 16 nitrogen and oxygen atoms in total. The van der Waals surface area contributed by atoms with Gasteiger partial charge < -0.3 is 53.0 Å². The Morgan fingerprint density at radius 1 is 0.773 bits per heavy atom. The van der Waals surface area contributed by atoms with Gasteiger partial charge in [0, 0.05) is 58.5 Å². The smallest absolute Gasteiger partial charge is 0.329 e. The van der Waals surface area contributed by atoms with Crippen molar-refractivity contribution in [2.24, 2.45) is 47.3 Å². The fourth-order valence-corrected chi connectivity index (χ4v) is 12.5. The highest BCUT2D eigenvalue weighted by Crippen LogP contribution is 2.42. The molecule has 75 heavy (non-hydrogen) atoms. The number of ether oxygens (including phenoxy) is 8. The van der Waals surface area contributed by atoms with Gasteiger partial charge in [-0.1, -0.05) is 72.8 Å². The summed E-state index contributed by atoms with van der Waals surface area (Å²) in [6, 6.07) is -1.10. The minimum absolute atomic E-state index is 0.0520. The average molecular weight is 1060 g/mol. The third-order valence-corrected chi connectivity index (χ3v) is 17.3. The Bertz CT molecular complexity index is 1880. The monoisotopic (exact) mass is 1060 g/mol. The van der Waals surface area contributed by atoms with Gasteiger partial charge in [0.05, 0.1) is 49.8 Å². The van der Waals surface area contributed by atoms with E-state index < -0.39 is 83.9 Å². The molecular weight excluding hydrogens is 963 g/mol. The molecule has 3 unspecified atom stereocenters. The Labute approximate surface area is 449 Å². The van der Waals surface area contributed by atoms with Crippen LogP contribution < -0.4 is 0 Å². The van der Waals surface area contributed by atoms with Gasteiger partial charge in [0.25, 0.3) is 11.7 Å². The van der Waals surface area contributed by atoms with Gasteiger partial charge in [-0.15, -0.1) is 0 Å². The van der Waals surface area contributed by atoms with Gasteiger partial charge in [-0.3, -0.25) is 19.2 Å². The molecule has 0 spiro atoms. The highest BCUT2D eigenvalue weighted by molar-refractivity contribution is 6.39. The molecule has 3 saturated heterocycles. The zero-order valence-electron chi connectivity index (χ0n) is 47.5. The Morgan fingerprint density at radius 2 is 1.52 bits per heavy atom. The molecule has 4 aliphatic heterocycles. The van der Waals surface area contributed by atoms with E-state index in [0.717, 1.165) is 19.3 Å². The first-order valence-corrected chi connectivity index (χ1v) is 28.7. The number of amides is 1. The number of hydrogen-bond donors (Lipinski definition) is 2. The molecule has 5 rings (SSSR count). The second-order valence-electron chi connectivity index (χ2n) is 23.4. The Morgan fingerprint density at radius 3 is 2.21 bits per heavy atom. The van der Waals surface area contributed by atoms with Crippen molar-refractivity contribution in [3.8, 4) is 0 Å². The fourth-order valence-electron chi connectivity index (χ4n) is 12.5. The van der Waals surface area contributed by atoms with Gasteiger partial charge in [0.15, 0.2) is 12.1 Å². The normalized spacial score (nSPS) is 40.6. The minimum atomic E-state index is -1.99. The number of Topliss-reactive ketones (excluding diaryl/α,β-unsaturated/α-hetero) is 3. The van der Waals surface area contributed by atoms with Gasteiger partial charge in [0.2, 0.25) is 5.79 Å². The lowest BCUT2D eigenvalue weighted by Gasteiger charge is -2.47. The van der Waals surface area contributed by atoms with Crippen molar-refractivity contribution in [1.82, 2.24) is 4.90 Å². The van der Waals surface area contributed by atoms with Gasteiger partial charge in [-0.25, -0.2) is 4.79 Å². The number of methoxy groups -OCH3 is 3. The number of cyclic esters (lactones) is 1. The molecule has 4 fully saturated rings. The molecule has 4 heterocycles. The van der Waals surface area contributed by atoms with Gasteiger partial charge in [-0.05, 0) is 133 Å². The number of ketones is 3. The summed E-state index contributed by atoms with van der Waals surface area (Å²) in [5.41, 5.74) is 0. The van der Waals surface area contributed by atoms with E-state index in [-0.39, 0.29) is 98.7 Å². The molecule has 5 aliphatic rings. The lowest BCUT2D eigenvalue weighted by Crippen LogP contribution is -2.63. The molecule has 0 aromatic heterocycles. The van der Waals surface area contributed by atoms with Crippen LogP contribution in [0.3, 0.4) is 0 Å². The number of hydrogen-bond acceptors (Lipinski definition) is 15. The molecule has 0 aromatic rings. The summed E-state index contributed by atoms with van der Waals surface area (Å²) in [6.07, 6.45) is 12.4. The highest BCUT2D eigenvalue weighted by atomic mass is 16.8. The van der Waals surface area contributed by atoms with Crippen LogP contribution in [0.1, 0.15) is 165 Å². The van der Waals surface area contributed by atoms with E-state index >= 15 is 9.59 Å². The van der Waals surface area contributed by atoms with Crippen molar-refractivity contribution < 1.29 is 72.1 Å². The summed E-state index contributed by atoms with van der Waals surface area (Å²) in [4.78, 5) is 74.8. The summed E-state index contributed by atoms with van der Waals surface area (Å²) in [6.45, 7) is 15.7. The van der Waals surface area contributed by atoms with E-state index in [4.69, 9.17) is 37.9 Å². The lowest BCUT2D eigenvalue weighted by molar-refractivity contribution is -0.346. The van der Waals surface area contributed by atoms with E-state index in [1.165, 1.54) is 12.0 Å². The summed E-state index contributed by atoms with van der Waals surface area (Å²) in [5.74, 6) is -6.86. The number of piperidine rings is 1. The van der Waals surface area contributed by atoms with Crippen molar-refractivity contribution in [3.63, 3.8) is 0 Å². The molecule has 1 amide bonds. The second kappa shape index (κ2) is 30.4. The van der Waals surface area contributed by atoms with Crippen molar-refractivity contribution in [3.05, 3.63) is 24.3 Å². The maximum absolute atomic E-state index is 15.3. The van der Waals surface area contributed by atoms with Crippen LogP contribution in [0.4, 0.5) is 0 Å². The van der Waals surface area contributed by atoms with Crippen LogP contribution in [0.5, 0.6) is 0 Å². The molecular formula is C59H97NO15. The standard InChI is InChI=1S/C59H97NO15/c1-36-18-13-12-14-19-37(2)49(68-9)34-45-25-23-42(7)59(74-45,75-52-22-17-20-43(8)72-52)56(65)57(66)60-27-16-15-21-46(60)58(67)73-50(39(4)32-44-24-26-48(71-29-28-61)51(33-44)69-10)35-47(62)38(3)31-41(6)54(64)55(70-11)53(63)40(5)30-36/h12-14,18,36-46,48-52,54-55,61,64H,15-17,19-35H2,1-11H3/b14-12+,18-13+/t36-,37?,38-,39-,40-,41?,42-,43-,44+,45+,46+,48-,49+,50?,51-,52+,54-,55+,59+/m1/s1. The Balaban J connectivity index is 1.50. The van der Waals surface area contributed by atoms with Crippen LogP contribution in [0.15, 0.2) is 24.3 Å². The summed E-state index contributed by atoms with van der Waals surface area (Å²) >= 11 is 0. The predicted octanol–water partition coefficient (Wildman–Crippen LogP) is 8.30. The predicted molar refractivity (Wildman–Crippen MR) is 283 cm³/mol. The summed E-state index contributed by atoms with van der Waals surface area (Å²) < 4.78 is 49.9. The third kappa shape index (κ3) is 17.3. The Hall–Kier alpha value is -2.93. The van der Waals surface area contributed by atoms with Crippen molar-refractivity contribution in [1.29, 1.82) is 0 Å². The van der Waals surface area contributed by atoms with E-state index in [1.54, 1.807) is 21.1 Å². The van der Waals surface area contributed by atoms with Crippen LogP contribution in [0.25, 0.3) is 0 Å². The van der Waals surface area contributed by atoms with Crippen molar-refractivity contribution in [2.75, 3.05) is 41.1 Å². The average Bonchev–Trinajstić information content (AvgIpc) is 3.39. The number of carbonyl (C=O) groups is 5. The molecule has 1 saturated carbocycles. The first-order valence-electron chi connectivity index (χ1n) is 28.7.